The number of hydrogen-bond donors (Lipinski definition) is 1. The molecule has 1 nitrogen and oxygen atoms in total. The molecule has 1 unspecified atom stereocenters. The van der Waals surface area contributed by atoms with Gasteiger partial charge in [0.15, 0.2) is 0 Å². The van der Waals surface area contributed by atoms with Crippen molar-refractivity contribution in [2.75, 3.05) is 6.54 Å². The van der Waals surface area contributed by atoms with Gasteiger partial charge in [-0.25, -0.2) is 0 Å². The Bertz CT molecular complexity index is 593. The number of hydrogen-bond acceptors (Lipinski definition) is 1. The van der Waals surface area contributed by atoms with Gasteiger partial charge in [0.05, 0.1) is 6.04 Å². The van der Waals surface area contributed by atoms with Gasteiger partial charge in [0.2, 0.25) is 0 Å². The normalized spacial score (nSPS) is 13.2. The Labute approximate surface area is 129 Å². The van der Waals surface area contributed by atoms with Gasteiger partial charge in [-0.2, -0.15) is 0 Å². The van der Waals surface area contributed by atoms with Crippen molar-refractivity contribution in [3.8, 4) is 0 Å². The monoisotopic (exact) mass is 281 g/mol. The highest BCUT2D eigenvalue weighted by Crippen LogP contribution is 2.33. The van der Waals surface area contributed by atoms with E-state index in [9.17, 15) is 0 Å². The molecule has 0 bridgehead atoms. The standard InChI is InChI=1S/C20H27N/c1-6-21-19(16-12-8-7-11-15(16)2)17-13-9-10-14-18(17)20(3,4)5/h7-14,19,21H,6H2,1-5H3. The summed E-state index contributed by atoms with van der Waals surface area (Å²) in [6.07, 6.45) is 0. The summed E-state index contributed by atoms with van der Waals surface area (Å²) in [4.78, 5) is 0. The molecule has 0 aliphatic rings. The minimum atomic E-state index is 0.146. The lowest BCUT2D eigenvalue weighted by Gasteiger charge is -2.29. The van der Waals surface area contributed by atoms with Gasteiger partial charge in [-0.3, -0.25) is 0 Å². The largest absolute Gasteiger partial charge is 0.307 e. The number of nitrogens with one attached hydrogen (secondary N) is 1. The fraction of sp³-hybridized carbons (Fsp3) is 0.400. The van der Waals surface area contributed by atoms with Crippen LogP contribution in [-0.2, 0) is 5.41 Å². The molecule has 0 aliphatic carbocycles. The van der Waals surface area contributed by atoms with E-state index in [1.165, 1.54) is 22.3 Å². The first-order valence-corrected chi connectivity index (χ1v) is 7.83. The molecular formula is C20H27N. The summed E-state index contributed by atoms with van der Waals surface area (Å²) < 4.78 is 0. The third-order valence-corrected chi connectivity index (χ3v) is 3.99. The number of aryl methyl sites for hydroxylation is 1. The molecule has 2 aromatic carbocycles. The minimum absolute atomic E-state index is 0.146. The second-order valence-electron chi connectivity index (χ2n) is 6.68. The molecule has 0 aromatic heterocycles. The van der Waals surface area contributed by atoms with Crippen LogP contribution in [0, 0.1) is 6.92 Å². The second kappa shape index (κ2) is 6.44. The van der Waals surface area contributed by atoms with Gasteiger partial charge >= 0.3 is 0 Å². The lowest BCUT2D eigenvalue weighted by atomic mass is 9.80. The first-order chi connectivity index (χ1) is 9.95. The molecule has 112 valence electrons. The van der Waals surface area contributed by atoms with Crippen molar-refractivity contribution in [2.45, 2.75) is 46.1 Å². The topological polar surface area (TPSA) is 12.0 Å². The smallest absolute Gasteiger partial charge is 0.0582 e. The lowest BCUT2D eigenvalue weighted by Crippen LogP contribution is -2.26. The molecule has 0 amide bonds. The SMILES string of the molecule is CCNC(c1ccccc1C)c1ccccc1C(C)(C)C. The van der Waals surface area contributed by atoms with E-state index >= 15 is 0 Å². The molecule has 1 N–H and O–H groups in total. The molecule has 0 radical (unpaired) electrons. The zero-order valence-corrected chi connectivity index (χ0v) is 13.9. The molecule has 0 heterocycles. The molecule has 0 fully saturated rings. The Morgan fingerprint density at radius 2 is 1.48 bits per heavy atom. The summed E-state index contributed by atoms with van der Waals surface area (Å²) in [7, 11) is 0. The average molecular weight is 281 g/mol. The van der Waals surface area contributed by atoms with Crippen molar-refractivity contribution in [1.82, 2.24) is 5.32 Å². The first-order valence-electron chi connectivity index (χ1n) is 7.83. The van der Waals surface area contributed by atoms with E-state index in [-0.39, 0.29) is 11.5 Å². The Morgan fingerprint density at radius 1 is 0.905 bits per heavy atom. The maximum absolute atomic E-state index is 3.67. The highest BCUT2D eigenvalue weighted by atomic mass is 14.9. The maximum Gasteiger partial charge on any atom is 0.0582 e. The van der Waals surface area contributed by atoms with Gasteiger partial charge in [0.25, 0.3) is 0 Å². The highest BCUT2D eigenvalue weighted by molar-refractivity contribution is 5.43. The van der Waals surface area contributed by atoms with Crippen molar-refractivity contribution in [2.24, 2.45) is 0 Å². The van der Waals surface area contributed by atoms with E-state index in [4.69, 9.17) is 0 Å². The van der Waals surface area contributed by atoms with Gasteiger partial charge in [0, 0.05) is 0 Å². The van der Waals surface area contributed by atoms with Crippen LogP contribution < -0.4 is 5.32 Å². The van der Waals surface area contributed by atoms with Crippen LogP contribution in [0.5, 0.6) is 0 Å². The Balaban J connectivity index is 2.57. The van der Waals surface area contributed by atoms with E-state index < -0.39 is 0 Å². The van der Waals surface area contributed by atoms with Crippen LogP contribution >= 0.6 is 0 Å². The van der Waals surface area contributed by atoms with Crippen LogP contribution in [0.4, 0.5) is 0 Å². The van der Waals surface area contributed by atoms with Gasteiger partial charge in [0.1, 0.15) is 0 Å². The maximum atomic E-state index is 3.67. The Morgan fingerprint density at radius 3 is 2.05 bits per heavy atom. The molecule has 1 atom stereocenters. The zero-order valence-electron chi connectivity index (χ0n) is 13.9. The van der Waals surface area contributed by atoms with Crippen LogP contribution in [-0.4, -0.2) is 6.54 Å². The zero-order chi connectivity index (χ0) is 15.5. The molecule has 0 saturated carbocycles. The average Bonchev–Trinajstić information content (AvgIpc) is 2.45. The van der Waals surface area contributed by atoms with Gasteiger partial charge in [-0.05, 0) is 41.1 Å². The van der Waals surface area contributed by atoms with E-state index in [0.717, 1.165) is 6.54 Å². The fourth-order valence-corrected chi connectivity index (χ4v) is 2.93. The summed E-state index contributed by atoms with van der Waals surface area (Å²) in [5.41, 5.74) is 5.66. The van der Waals surface area contributed by atoms with Crippen molar-refractivity contribution in [1.29, 1.82) is 0 Å². The van der Waals surface area contributed by atoms with Crippen LogP contribution in [0.2, 0.25) is 0 Å². The van der Waals surface area contributed by atoms with Crippen LogP contribution in [0.3, 0.4) is 0 Å². The molecule has 0 spiro atoms. The van der Waals surface area contributed by atoms with Gasteiger partial charge < -0.3 is 5.32 Å². The quantitative estimate of drug-likeness (QED) is 0.832. The Kier molecular flexibility index (Phi) is 4.84. The van der Waals surface area contributed by atoms with E-state index in [0.29, 0.717) is 0 Å². The highest BCUT2D eigenvalue weighted by Gasteiger charge is 2.23. The summed E-state index contributed by atoms with van der Waals surface area (Å²) in [6.45, 7) is 12.2. The predicted octanol–water partition coefficient (Wildman–Crippen LogP) is 4.99. The predicted molar refractivity (Wildman–Crippen MR) is 91.8 cm³/mol. The molecular weight excluding hydrogens is 254 g/mol. The Hall–Kier alpha value is -1.60. The third-order valence-electron chi connectivity index (χ3n) is 3.99. The van der Waals surface area contributed by atoms with Gasteiger partial charge in [-0.15, -0.1) is 0 Å². The molecule has 21 heavy (non-hydrogen) atoms. The second-order valence-corrected chi connectivity index (χ2v) is 6.68. The van der Waals surface area contributed by atoms with Crippen LogP contribution in [0.25, 0.3) is 0 Å². The summed E-state index contributed by atoms with van der Waals surface area (Å²) in [6, 6.07) is 17.7. The molecule has 1 heteroatoms. The number of rotatable bonds is 4. The molecule has 2 rings (SSSR count). The number of benzene rings is 2. The minimum Gasteiger partial charge on any atom is -0.307 e. The molecule has 0 saturated heterocycles. The van der Waals surface area contributed by atoms with E-state index in [1.807, 2.05) is 0 Å². The van der Waals surface area contributed by atoms with Crippen molar-refractivity contribution >= 4 is 0 Å². The summed E-state index contributed by atoms with van der Waals surface area (Å²) in [5.74, 6) is 0. The first kappa shape index (κ1) is 15.8. The van der Waals surface area contributed by atoms with Gasteiger partial charge in [-0.1, -0.05) is 76.2 Å². The van der Waals surface area contributed by atoms with Crippen molar-refractivity contribution in [3.63, 3.8) is 0 Å². The van der Waals surface area contributed by atoms with Crippen molar-refractivity contribution in [3.05, 3.63) is 70.8 Å². The summed E-state index contributed by atoms with van der Waals surface area (Å²) in [5, 5.41) is 3.67. The third kappa shape index (κ3) is 3.54. The lowest BCUT2D eigenvalue weighted by molar-refractivity contribution is 0.556. The molecule has 2 aromatic rings. The fourth-order valence-electron chi connectivity index (χ4n) is 2.93. The van der Waals surface area contributed by atoms with Crippen LogP contribution in [0.15, 0.2) is 48.5 Å². The van der Waals surface area contributed by atoms with E-state index in [1.54, 1.807) is 0 Å². The van der Waals surface area contributed by atoms with E-state index in [2.05, 4.69) is 88.5 Å². The summed E-state index contributed by atoms with van der Waals surface area (Å²) >= 11 is 0. The van der Waals surface area contributed by atoms with Crippen LogP contribution in [0.1, 0.15) is 56.0 Å². The van der Waals surface area contributed by atoms with Crippen molar-refractivity contribution < 1.29 is 0 Å². The molecule has 0 aliphatic heterocycles.